The predicted octanol–water partition coefficient (Wildman–Crippen LogP) is 2.31. The van der Waals surface area contributed by atoms with E-state index < -0.39 is 0 Å². The number of nitrogens with zero attached hydrogens (tertiary/aromatic N) is 3. The van der Waals surface area contributed by atoms with Gasteiger partial charge in [-0.25, -0.2) is 4.98 Å². The summed E-state index contributed by atoms with van der Waals surface area (Å²) in [4.78, 5) is 34.3. The third-order valence-corrected chi connectivity index (χ3v) is 7.28. The summed E-state index contributed by atoms with van der Waals surface area (Å²) in [5, 5.41) is 0.788. The average molecular weight is 389 g/mol. The standard InChI is InChI=1S/C20H28N4O2S/c1-13-6-9-24(14(10-13)11-21)17(25)7-8-23-12-22-19-18(20(23)26)15-4-2-3-5-16(15)27-19/h12-14H,2-11,21H2,1H3. The second kappa shape index (κ2) is 7.72. The lowest BCUT2D eigenvalue weighted by Gasteiger charge is -2.38. The maximum Gasteiger partial charge on any atom is 0.262 e. The van der Waals surface area contributed by atoms with Gasteiger partial charge in [-0.1, -0.05) is 6.92 Å². The van der Waals surface area contributed by atoms with Gasteiger partial charge in [0, 0.05) is 37.0 Å². The smallest absolute Gasteiger partial charge is 0.262 e. The van der Waals surface area contributed by atoms with E-state index in [-0.39, 0.29) is 17.5 Å². The van der Waals surface area contributed by atoms with Crippen molar-refractivity contribution >= 4 is 27.5 Å². The number of aromatic nitrogens is 2. The van der Waals surface area contributed by atoms with E-state index in [4.69, 9.17) is 5.73 Å². The van der Waals surface area contributed by atoms with Crippen molar-refractivity contribution in [1.29, 1.82) is 0 Å². The topological polar surface area (TPSA) is 81.2 Å². The van der Waals surface area contributed by atoms with Gasteiger partial charge < -0.3 is 10.6 Å². The molecule has 27 heavy (non-hydrogen) atoms. The lowest BCUT2D eigenvalue weighted by molar-refractivity contribution is -0.135. The number of hydrogen-bond donors (Lipinski definition) is 1. The van der Waals surface area contributed by atoms with Gasteiger partial charge in [-0.3, -0.25) is 14.2 Å². The van der Waals surface area contributed by atoms with Crippen molar-refractivity contribution in [2.24, 2.45) is 11.7 Å². The number of aryl methyl sites for hydroxylation is 3. The lowest BCUT2D eigenvalue weighted by atomic mass is 9.92. The molecule has 0 spiro atoms. The van der Waals surface area contributed by atoms with E-state index in [0.29, 0.717) is 25.4 Å². The van der Waals surface area contributed by atoms with Crippen LogP contribution in [0.2, 0.25) is 0 Å². The number of rotatable bonds is 4. The van der Waals surface area contributed by atoms with Crippen molar-refractivity contribution in [3.63, 3.8) is 0 Å². The normalized spacial score (nSPS) is 22.8. The van der Waals surface area contributed by atoms with Gasteiger partial charge in [0.25, 0.3) is 5.56 Å². The third-order valence-electron chi connectivity index (χ3n) is 6.08. The van der Waals surface area contributed by atoms with E-state index in [2.05, 4.69) is 11.9 Å². The maximum atomic E-state index is 13.0. The molecule has 146 valence electrons. The number of hydrogen-bond acceptors (Lipinski definition) is 5. The second-order valence-electron chi connectivity index (χ2n) is 7.99. The van der Waals surface area contributed by atoms with E-state index in [0.717, 1.165) is 48.9 Å². The van der Waals surface area contributed by atoms with Gasteiger partial charge in [0.1, 0.15) is 4.83 Å². The maximum absolute atomic E-state index is 13.0. The molecular weight excluding hydrogens is 360 g/mol. The molecule has 0 bridgehead atoms. The van der Waals surface area contributed by atoms with Crippen molar-refractivity contribution in [1.82, 2.24) is 14.5 Å². The highest BCUT2D eigenvalue weighted by atomic mass is 32.1. The Bertz CT molecular complexity index is 903. The lowest BCUT2D eigenvalue weighted by Crippen LogP contribution is -2.49. The van der Waals surface area contributed by atoms with Gasteiger partial charge in [0.2, 0.25) is 5.91 Å². The zero-order valence-corrected chi connectivity index (χ0v) is 16.8. The Kier molecular flexibility index (Phi) is 5.32. The van der Waals surface area contributed by atoms with Gasteiger partial charge >= 0.3 is 0 Å². The molecule has 2 aliphatic rings. The minimum Gasteiger partial charge on any atom is -0.338 e. The highest BCUT2D eigenvalue weighted by Gasteiger charge is 2.28. The van der Waals surface area contributed by atoms with Crippen molar-refractivity contribution < 1.29 is 4.79 Å². The quantitative estimate of drug-likeness (QED) is 0.871. The summed E-state index contributed by atoms with van der Waals surface area (Å²) in [6, 6.07) is 0.127. The highest BCUT2D eigenvalue weighted by molar-refractivity contribution is 7.18. The fourth-order valence-electron chi connectivity index (χ4n) is 4.50. The molecule has 2 aromatic rings. The molecule has 1 aliphatic heterocycles. The van der Waals surface area contributed by atoms with Crippen LogP contribution < -0.4 is 11.3 Å². The van der Waals surface area contributed by atoms with Crippen LogP contribution in [0.15, 0.2) is 11.1 Å². The van der Waals surface area contributed by atoms with Crippen LogP contribution in [0.4, 0.5) is 0 Å². The van der Waals surface area contributed by atoms with Gasteiger partial charge in [-0.15, -0.1) is 11.3 Å². The second-order valence-corrected chi connectivity index (χ2v) is 9.07. The number of fused-ring (bicyclic) bond motifs is 3. The first kappa shape index (κ1) is 18.6. The number of piperidine rings is 1. The molecule has 3 heterocycles. The van der Waals surface area contributed by atoms with Crippen LogP contribution in [-0.4, -0.2) is 39.5 Å². The fraction of sp³-hybridized carbons (Fsp3) is 0.650. The number of amides is 1. The van der Waals surface area contributed by atoms with Crippen LogP contribution in [0, 0.1) is 5.92 Å². The molecule has 0 saturated carbocycles. The van der Waals surface area contributed by atoms with Gasteiger partial charge in [0.05, 0.1) is 11.7 Å². The summed E-state index contributed by atoms with van der Waals surface area (Å²) in [6.07, 6.45) is 8.29. The van der Waals surface area contributed by atoms with Crippen LogP contribution >= 0.6 is 11.3 Å². The average Bonchev–Trinajstić information content (AvgIpc) is 3.06. The zero-order chi connectivity index (χ0) is 19.0. The highest BCUT2D eigenvalue weighted by Crippen LogP contribution is 2.33. The first-order valence-electron chi connectivity index (χ1n) is 10.1. The van der Waals surface area contributed by atoms with Crippen molar-refractivity contribution in [3.05, 3.63) is 27.1 Å². The molecule has 1 amide bonds. The third kappa shape index (κ3) is 3.55. The Balaban J connectivity index is 1.51. The molecular formula is C20H28N4O2S. The summed E-state index contributed by atoms with van der Waals surface area (Å²) in [5.74, 6) is 0.707. The SMILES string of the molecule is CC1CCN(C(=O)CCn2cnc3sc4c(c3c2=O)CCCC4)C(CN)C1. The number of likely N-dealkylation sites (tertiary alicyclic amines) is 1. The molecule has 2 aromatic heterocycles. The largest absolute Gasteiger partial charge is 0.338 e. The summed E-state index contributed by atoms with van der Waals surface area (Å²) < 4.78 is 1.62. The Morgan fingerprint density at radius 1 is 1.37 bits per heavy atom. The summed E-state index contributed by atoms with van der Waals surface area (Å²) in [7, 11) is 0. The van der Waals surface area contributed by atoms with E-state index in [1.807, 2.05) is 4.90 Å². The van der Waals surface area contributed by atoms with Crippen LogP contribution in [0.5, 0.6) is 0 Å². The Morgan fingerprint density at radius 3 is 3.00 bits per heavy atom. The number of carbonyl (C=O) groups excluding carboxylic acids is 1. The van der Waals surface area contributed by atoms with Gasteiger partial charge in [-0.2, -0.15) is 0 Å². The van der Waals surface area contributed by atoms with Gasteiger partial charge in [-0.05, 0) is 50.0 Å². The van der Waals surface area contributed by atoms with E-state index in [9.17, 15) is 9.59 Å². The zero-order valence-electron chi connectivity index (χ0n) is 15.9. The number of carbonyl (C=O) groups is 1. The minimum atomic E-state index is 0.00911. The Hall–Kier alpha value is -1.73. The van der Waals surface area contributed by atoms with Crippen molar-refractivity contribution in [3.8, 4) is 0 Å². The van der Waals surface area contributed by atoms with Crippen LogP contribution in [0.1, 0.15) is 49.5 Å². The molecule has 6 nitrogen and oxygen atoms in total. The first-order chi connectivity index (χ1) is 13.1. The molecule has 2 N–H and O–H groups in total. The minimum absolute atomic E-state index is 0.00911. The summed E-state index contributed by atoms with van der Waals surface area (Å²) in [6.45, 7) is 3.87. The van der Waals surface area contributed by atoms with Crippen molar-refractivity contribution in [2.75, 3.05) is 13.1 Å². The van der Waals surface area contributed by atoms with Crippen LogP contribution in [-0.2, 0) is 24.2 Å². The first-order valence-corrected chi connectivity index (χ1v) is 10.9. The molecule has 1 aliphatic carbocycles. The van der Waals surface area contributed by atoms with Crippen molar-refractivity contribution in [2.45, 2.75) is 64.5 Å². The van der Waals surface area contributed by atoms with E-state index in [1.165, 1.54) is 16.9 Å². The predicted molar refractivity (Wildman–Crippen MR) is 108 cm³/mol. The number of nitrogens with two attached hydrogens (primary N) is 1. The molecule has 1 fully saturated rings. The fourth-order valence-corrected chi connectivity index (χ4v) is 5.72. The Morgan fingerprint density at radius 2 is 2.19 bits per heavy atom. The molecule has 2 atom stereocenters. The summed E-state index contributed by atoms with van der Waals surface area (Å²) >= 11 is 1.66. The van der Waals surface area contributed by atoms with Crippen LogP contribution in [0.25, 0.3) is 10.2 Å². The summed E-state index contributed by atoms with van der Waals surface area (Å²) in [5.41, 5.74) is 7.09. The molecule has 4 rings (SSSR count). The molecule has 0 aromatic carbocycles. The van der Waals surface area contributed by atoms with E-state index in [1.54, 1.807) is 22.2 Å². The molecule has 1 saturated heterocycles. The molecule has 7 heteroatoms. The Labute approximate surface area is 163 Å². The molecule has 2 unspecified atom stereocenters. The molecule has 0 radical (unpaired) electrons. The van der Waals surface area contributed by atoms with Crippen LogP contribution in [0.3, 0.4) is 0 Å². The monoisotopic (exact) mass is 388 g/mol. The number of thiophene rings is 1. The van der Waals surface area contributed by atoms with Gasteiger partial charge in [0.15, 0.2) is 0 Å². The van der Waals surface area contributed by atoms with E-state index >= 15 is 0 Å².